The van der Waals surface area contributed by atoms with E-state index in [1.807, 2.05) is 24.4 Å². The summed E-state index contributed by atoms with van der Waals surface area (Å²) in [4.78, 5) is 13.5. The number of rotatable bonds is 5. The van der Waals surface area contributed by atoms with Crippen molar-refractivity contribution in [2.75, 3.05) is 6.61 Å². The largest absolute Gasteiger partial charge is 0.486 e. The van der Waals surface area contributed by atoms with Crippen LogP contribution in [0.1, 0.15) is 23.5 Å². The van der Waals surface area contributed by atoms with Gasteiger partial charge in [-0.15, -0.1) is 0 Å². The third-order valence-electron chi connectivity index (χ3n) is 7.22. The van der Waals surface area contributed by atoms with Gasteiger partial charge in [0.15, 0.2) is 5.78 Å². The molecular formula is C32H26ClNO2. The average Bonchev–Trinajstić information content (AvgIpc) is 3.21. The van der Waals surface area contributed by atoms with Crippen molar-refractivity contribution in [2.45, 2.75) is 18.8 Å². The van der Waals surface area contributed by atoms with Gasteiger partial charge >= 0.3 is 0 Å². The minimum atomic E-state index is -0.245. The summed E-state index contributed by atoms with van der Waals surface area (Å²) in [6.07, 6.45) is 16.2. The zero-order chi connectivity index (χ0) is 24.5. The number of allylic oxidation sites excluding steroid dienone is 5. The summed E-state index contributed by atoms with van der Waals surface area (Å²) in [6, 6.07) is 20.2. The van der Waals surface area contributed by atoms with Crippen molar-refractivity contribution in [2.24, 2.45) is 5.92 Å². The van der Waals surface area contributed by atoms with E-state index in [4.69, 9.17) is 16.3 Å². The second-order valence-corrected chi connectivity index (χ2v) is 9.81. The Labute approximate surface area is 215 Å². The average molecular weight is 492 g/mol. The molecule has 0 spiro atoms. The van der Waals surface area contributed by atoms with E-state index in [1.165, 1.54) is 32.7 Å². The summed E-state index contributed by atoms with van der Waals surface area (Å²) in [6.45, 7) is 0.0265. The van der Waals surface area contributed by atoms with Gasteiger partial charge in [0.05, 0.1) is 0 Å². The van der Waals surface area contributed by atoms with Crippen LogP contribution in [0.5, 0.6) is 5.75 Å². The maximum atomic E-state index is 13.5. The maximum Gasteiger partial charge on any atom is 0.177 e. The lowest BCUT2D eigenvalue weighted by molar-refractivity contribution is -0.123. The number of carbonyl (C=O) groups is 1. The van der Waals surface area contributed by atoms with Crippen LogP contribution in [0.15, 0.2) is 96.9 Å². The van der Waals surface area contributed by atoms with Crippen LogP contribution in [0.2, 0.25) is 5.02 Å². The highest BCUT2D eigenvalue weighted by Gasteiger charge is 2.30. The summed E-state index contributed by atoms with van der Waals surface area (Å²) >= 11 is 5.98. The van der Waals surface area contributed by atoms with Crippen LogP contribution in [0.4, 0.5) is 0 Å². The monoisotopic (exact) mass is 491 g/mol. The lowest BCUT2D eigenvalue weighted by atomic mass is 9.76. The van der Waals surface area contributed by atoms with Gasteiger partial charge in [0, 0.05) is 28.8 Å². The van der Waals surface area contributed by atoms with Crippen molar-refractivity contribution in [1.29, 1.82) is 0 Å². The molecule has 3 aliphatic rings. The number of halogens is 1. The summed E-state index contributed by atoms with van der Waals surface area (Å²) < 4.78 is 5.84. The molecule has 0 saturated carbocycles. The van der Waals surface area contributed by atoms with Crippen LogP contribution in [0, 0.1) is 5.92 Å². The first-order chi connectivity index (χ1) is 17.7. The minimum Gasteiger partial charge on any atom is -0.486 e. The first kappa shape index (κ1) is 22.6. The fourth-order valence-electron chi connectivity index (χ4n) is 5.42. The van der Waals surface area contributed by atoms with Crippen LogP contribution in [0.3, 0.4) is 0 Å². The molecular weight excluding hydrogens is 466 g/mol. The Morgan fingerprint density at radius 2 is 1.81 bits per heavy atom. The van der Waals surface area contributed by atoms with Gasteiger partial charge in [-0.25, -0.2) is 0 Å². The van der Waals surface area contributed by atoms with Crippen molar-refractivity contribution in [3.05, 3.63) is 123 Å². The van der Waals surface area contributed by atoms with Gasteiger partial charge in [-0.2, -0.15) is 0 Å². The standard InChI is InChI=1S/C32H26ClNO2/c33-23-10-12-24(13-11-23)36-20-32(35)22-18-29-27-14-9-21-6-3-4-7-25(21)26(27)15-16-28(29)30(19-22)31-8-2-1-5-17-34-31/h1-8,10-18,22,30,34H,9,19-20H2. The molecule has 178 valence electrons. The Kier molecular flexibility index (Phi) is 6.08. The molecule has 0 fully saturated rings. The fourth-order valence-corrected chi connectivity index (χ4v) is 5.55. The second kappa shape index (κ2) is 9.67. The van der Waals surface area contributed by atoms with Crippen molar-refractivity contribution < 1.29 is 9.53 Å². The molecule has 1 heterocycles. The van der Waals surface area contributed by atoms with Gasteiger partial charge < -0.3 is 10.1 Å². The molecule has 2 unspecified atom stereocenters. The molecule has 2 aliphatic carbocycles. The van der Waals surface area contributed by atoms with Gasteiger partial charge in [0.2, 0.25) is 0 Å². The molecule has 3 aromatic rings. The van der Waals surface area contributed by atoms with Crippen molar-refractivity contribution in [3.63, 3.8) is 0 Å². The molecule has 0 aromatic heterocycles. The molecule has 2 atom stereocenters. The van der Waals surface area contributed by atoms with Crippen LogP contribution in [-0.2, 0) is 11.2 Å². The third-order valence-corrected chi connectivity index (χ3v) is 7.47. The smallest absolute Gasteiger partial charge is 0.177 e. The number of fused-ring (bicyclic) bond motifs is 5. The van der Waals surface area contributed by atoms with E-state index in [9.17, 15) is 4.79 Å². The minimum absolute atomic E-state index is 0.0265. The van der Waals surface area contributed by atoms with E-state index in [-0.39, 0.29) is 24.2 Å². The normalized spacial score (nSPS) is 19.3. The lowest BCUT2D eigenvalue weighted by Crippen LogP contribution is -2.40. The Balaban J connectivity index is 1.41. The summed E-state index contributed by atoms with van der Waals surface area (Å²) in [7, 11) is 0. The second-order valence-electron chi connectivity index (χ2n) is 9.38. The molecule has 4 heteroatoms. The van der Waals surface area contributed by atoms with Gasteiger partial charge in [0.25, 0.3) is 0 Å². The van der Waals surface area contributed by atoms with E-state index in [0.29, 0.717) is 17.2 Å². The molecule has 3 aromatic carbocycles. The topological polar surface area (TPSA) is 38.3 Å². The molecule has 0 amide bonds. The fraction of sp³-hybridized carbons (Fsp3) is 0.156. The van der Waals surface area contributed by atoms with Crippen LogP contribution in [-0.4, -0.2) is 12.4 Å². The number of carbonyl (C=O) groups excluding carboxylic acids is 1. The molecule has 3 nitrogen and oxygen atoms in total. The Morgan fingerprint density at radius 1 is 0.944 bits per heavy atom. The highest BCUT2D eigenvalue weighted by molar-refractivity contribution is 6.30. The van der Waals surface area contributed by atoms with Gasteiger partial charge in [-0.3, -0.25) is 4.79 Å². The molecule has 1 aliphatic heterocycles. The highest BCUT2D eigenvalue weighted by atomic mass is 35.5. The Hall–Kier alpha value is -3.82. The number of ketones is 1. The van der Waals surface area contributed by atoms with Crippen molar-refractivity contribution in [1.82, 2.24) is 5.32 Å². The number of nitrogens with one attached hydrogen (secondary N) is 1. The summed E-state index contributed by atoms with van der Waals surface area (Å²) in [5.74, 6) is 0.560. The van der Waals surface area contributed by atoms with E-state index in [1.54, 1.807) is 24.3 Å². The summed E-state index contributed by atoms with van der Waals surface area (Å²) in [5.41, 5.74) is 6.21. The third kappa shape index (κ3) is 4.31. The molecule has 0 saturated heterocycles. The molecule has 0 bridgehead atoms. The predicted molar refractivity (Wildman–Crippen MR) is 146 cm³/mol. The Bertz CT molecular complexity index is 1550. The zero-order valence-corrected chi connectivity index (χ0v) is 20.5. The first-order valence-electron chi connectivity index (χ1n) is 12.3. The SMILES string of the molecule is O=C(COc1ccc(Cl)cc1)C1C=c2c(ccc3c2=CCc2ccccc2-3)C(C2=CC=CC=CN2)C1. The number of ether oxygens (including phenoxy) is 1. The predicted octanol–water partition coefficient (Wildman–Crippen LogP) is 5.43. The van der Waals surface area contributed by atoms with Gasteiger partial charge in [-0.1, -0.05) is 72.3 Å². The first-order valence-corrected chi connectivity index (χ1v) is 12.7. The lowest BCUT2D eigenvalue weighted by Gasteiger charge is -2.29. The van der Waals surface area contributed by atoms with E-state index in [2.05, 4.69) is 59.9 Å². The van der Waals surface area contributed by atoms with Gasteiger partial charge in [-0.05, 0) is 82.0 Å². The number of hydrogen-bond donors (Lipinski definition) is 1. The quantitative estimate of drug-likeness (QED) is 0.517. The van der Waals surface area contributed by atoms with Crippen LogP contribution < -0.4 is 20.5 Å². The number of Topliss-reactive ketones (excluding diaryl/α,β-unsaturated/α-hetero) is 1. The summed E-state index contributed by atoms with van der Waals surface area (Å²) in [5, 5.41) is 6.49. The zero-order valence-electron chi connectivity index (χ0n) is 19.8. The highest BCUT2D eigenvalue weighted by Crippen LogP contribution is 2.34. The Morgan fingerprint density at radius 3 is 2.69 bits per heavy atom. The molecule has 1 N–H and O–H groups in total. The van der Waals surface area contributed by atoms with Crippen molar-refractivity contribution in [3.8, 4) is 16.9 Å². The van der Waals surface area contributed by atoms with Crippen LogP contribution >= 0.6 is 11.6 Å². The van der Waals surface area contributed by atoms with E-state index >= 15 is 0 Å². The van der Waals surface area contributed by atoms with Gasteiger partial charge in [0.1, 0.15) is 12.4 Å². The molecule has 0 radical (unpaired) electrons. The van der Waals surface area contributed by atoms with Crippen LogP contribution in [0.25, 0.3) is 23.3 Å². The number of benzene rings is 3. The maximum absolute atomic E-state index is 13.5. The molecule has 36 heavy (non-hydrogen) atoms. The number of hydrogen-bond acceptors (Lipinski definition) is 3. The van der Waals surface area contributed by atoms with Crippen molar-refractivity contribution >= 4 is 29.5 Å². The van der Waals surface area contributed by atoms with E-state index in [0.717, 1.165) is 12.1 Å². The molecule has 6 rings (SSSR count). The van der Waals surface area contributed by atoms with E-state index < -0.39 is 0 Å².